The van der Waals surface area contributed by atoms with Gasteiger partial charge in [-0.3, -0.25) is 9.58 Å². The molecule has 2 rings (SSSR count). The molecule has 1 aromatic rings. The molecule has 1 aliphatic carbocycles. The molecule has 2 unspecified atom stereocenters. The van der Waals surface area contributed by atoms with Gasteiger partial charge in [-0.2, -0.15) is 5.10 Å². The highest BCUT2D eigenvalue weighted by Crippen LogP contribution is 2.29. The Morgan fingerprint density at radius 3 is 2.89 bits per heavy atom. The van der Waals surface area contributed by atoms with Crippen LogP contribution in [0.3, 0.4) is 0 Å². The van der Waals surface area contributed by atoms with E-state index >= 15 is 0 Å². The highest BCUT2D eigenvalue weighted by Gasteiger charge is 2.29. The fourth-order valence-corrected chi connectivity index (χ4v) is 2.99. The Morgan fingerprint density at radius 2 is 2.28 bits per heavy atom. The summed E-state index contributed by atoms with van der Waals surface area (Å²) in [7, 11) is 2.20. The smallest absolute Gasteiger partial charge is 0.0764 e. The van der Waals surface area contributed by atoms with Gasteiger partial charge in [0.1, 0.15) is 0 Å². The number of aromatic nitrogens is 2. The van der Waals surface area contributed by atoms with Crippen molar-refractivity contribution in [2.75, 3.05) is 13.6 Å². The Labute approximate surface area is 110 Å². The lowest BCUT2D eigenvalue weighted by Gasteiger charge is -2.28. The number of nitrogens with zero attached hydrogens (tertiary/aromatic N) is 3. The molecule has 1 aromatic heterocycles. The van der Waals surface area contributed by atoms with E-state index in [1.807, 2.05) is 4.68 Å². The quantitative estimate of drug-likeness (QED) is 0.869. The first-order valence-electron chi connectivity index (χ1n) is 7.06. The number of hydrogen-bond donors (Lipinski definition) is 1. The van der Waals surface area contributed by atoms with Gasteiger partial charge in [0.2, 0.25) is 0 Å². The highest BCUT2D eigenvalue weighted by molar-refractivity contribution is 5.00. The van der Waals surface area contributed by atoms with Crippen molar-refractivity contribution in [1.29, 1.82) is 0 Å². The molecule has 2 atom stereocenters. The number of hydrogen-bond acceptors (Lipinski definition) is 3. The van der Waals surface area contributed by atoms with Gasteiger partial charge in [0.05, 0.1) is 5.69 Å². The van der Waals surface area contributed by atoms with E-state index in [2.05, 4.69) is 43.2 Å². The van der Waals surface area contributed by atoms with Crippen molar-refractivity contribution in [3.63, 3.8) is 0 Å². The van der Waals surface area contributed by atoms with Crippen LogP contribution in [0, 0.1) is 5.92 Å². The van der Waals surface area contributed by atoms with Crippen LogP contribution >= 0.6 is 0 Å². The first-order valence-corrected chi connectivity index (χ1v) is 7.06. The third kappa shape index (κ3) is 2.93. The lowest BCUT2D eigenvalue weighted by molar-refractivity contribution is 0.190. The summed E-state index contributed by atoms with van der Waals surface area (Å²) in [5.74, 6) is 0.669. The van der Waals surface area contributed by atoms with Gasteiger partial charge in [-0.05, 0) is 52.3 Å². The molecule has 0 amide bonds. The molecule has 4 nitrogen and oxygen atoms in total. The maximum Gasteiger partial charge on any atom is 0.0764 e. The summed E-state index contributed by atoms with van der Waals surface area (Å²) >= 11 is 0. The van der Waals surface area contributed by atoms with E-state index in [-0.39, 0.29) is 0 Å². The van der Waals surface area contributed by atoms with Crippen LogP contribution in [0.4, 0.5) is 0 Å². The molecule has 1 aliphatic rings. The summed E-state index contributed by atoms with van der Waals surface area (Å²) in [4.78, 5) is 2.43. The van der Waals surface area contributed by atoms with Crippen molar-refractivity contribution in [2.45, 2.75) is 51.7 Å². The Hall–Kier alpha value is -0.870. The second kappa shape index (κ2) is 5.85. The zero-order valence-corrected chi connectivity index (χ0v) is 11.8. The van der Waals surface area contributed by atoms with Gasteiger partial charge in [0, 0.05) is 24.8 Å². The predicted octanol–water partition coefficient (Wildman–Crippen LogP) is 2.02. The molecule has 1 saturated carbocycles. The van der Waals surface area contributed by atoms with Crippen LogP contribution in [0.2, 0.25) is 0 Å². The van der Waals surface area contributed by atoms with E-state index in [1.165, 1.54) is 19.3 Å². The van der Waals surface area contributed by atoms with E-state index in [1.54, 1.807) is 0 Å². The van der Waals surface area contributed by atoms with E-state index in [9.17, 15) is 0 Å². The first-order chi connectivity index (χ1) is 8.61. The number of rotatable bonds is 5. The van der Waals surface area contributed by atoms with Crippen LogP contribution < -0.4 is 5.73 Å². The van der Waals surface area contributed by atoms with Crippen molar-refractivity contribution < 1.29 is 0 Å². The Kier molecular flexibility index (Phi) is 4.40. The van der Waals surface area contributed by atoms with Gasteiger partial charge in [0.25, 0.3) is 0 Å². The highest BCUT2D eigenvalue weighted by atomic mass is 15.3. The third-order valence-electron chi connectivity index (χ3n) is 4.09. The third-order valence-corrected chi connectivity index (χ3v) is 4.09. The van der Waals surface area contributed by atoms with E-state index in [0.717, 1.165) is 18.8 Å². The van der Waals surface area contributed by atoms with Gasteiger partial charge in [-0.1, -0.05) is 6.42 Å². The topological polar surface area (TPSA) is 47.1 Å². The zero-order valence-electron chi connectivity index (χ0n) is 11.8. The van der Waals surface area contributed by atoms with Crippen molar-refractivity contribution in [3.05, 3.63) is 18.0 Å². The molecule has 2 N–H and O–H groups in total. The SMILES string of the molecule is CC(C)n1ccc(CN(C)C2CCCC2CN)n1. The van der Waals surface area contributed by atoms with Crippen LogP contribution in [-0.2, 0) is 6.54 Å². The molecular weight excluding hydrogens is 224 g/mol. The summed E-state index contributed by atoms with van der Waals surface area (Å²) in [6.07, 6.45) is 5.95. The first kappa shape index (κ1) is 13.6. The lowest BCUT2D eigenvalue weighted by Crippen LogP contribution is -2.37. The maximum atomic E-state index is 5.85. The van der Waals surface area contributed by atoms with Crippen LogP contribution in [0.25, 0.3) is 0 Å². The molecule has 0 radical (unpaired) electrons. The molecule has 102 valence electrons. The molecule has 0 bridgehead atoms. The van der Waals surface area contributed by atoms with Gasteiger partial charge in [-0.15, -0.1) is 0 Å². The summed E-state index contributed by atoms with van der Waals surface area (Å²) in [6, 6.07) is 3.20. The standard InChI is InChI=1S/C14H26N4/c1-11(2)18-8-7-13(16-18)10-17(3)14-6-4-5-12(14)9-15/h7-8,11-12,14H,4-6,9-10,15H2,1-3H3. The molecule has 0 aromatic carbocycles. The molecular formula is C14H26N4. The van der Waals surface area contributed by atoms with Crippen LogP contribution in [0.1, 0.15) is 44.8 Å². The molecule has 1 heterocycles. The molecule has 4 heteroatoms. The summed E-state index contributed by atoms with van der Waals surface area (Å²) in [5.41, 5.74) is 7.01. The average Bonchev–Trinajstić information content (AvgIpc) is 2.96. The van der Waals surface area contributed by atoms with E-state index < -0.39 is 0 Å². The fourth-order valence-electron chi connectivity index (χ4n) is 2.99. The molecule has 0 spiro atoms. The second-order valence-electron chi connectivity index (χ2n) is 5.79. The van der Waals surface area contributed by atoms with Crippen LogP contribution in [-0.4, -0.2) is 34.3 Å². The minimum Gasteiger partial charge on any atom is -0.330 e. The Morgan fingerprint density at radius 1 is 1.50 bits per heavy atom. The largest absolute Gasteiger partial charge is 0.330 e. The van der Waals surface area contributed by atoms with Gasteiger partial charge in [0.15, 0.2) is 0 Å². The minimum atomic E-state index is 0.437. The van der Waals surface area contributed by atoms with Gasteiger partial charge < -0.3 is 5.73 Å². The molecule has 1 fully saturated rings. The summed E-state index contributed by atoms with van der Waals surface area (Å²) < 4.78 is 2.03. The van der Waals surface area contributed by atoms with Crippen molar-refractivity contribution in [2.24, 2.45) is 11.7 Å². The molecule has 0 saturated heterocycles. The van der Waals surface area contributed by atoms with Crippen molar-refractivity contribution >= 4 is 0 Å². The normalized spacial score (nSPS) is 24.3. The zero-order chi connectivity index (χ0) is 13.1. The van der Waals surface area contributed by atoms with Crippen molar-refractivity contribution in [3.8, 4) is 0 Å². The Balaban J connectivity index is 1.95. The summed E-state index contributed by atoms with van der Waals surface area (Å²) in [6.45, 7) is 6.06. The van der Waals surface area contributed by atoms with Crippen LogP contribution in [0.5, 0.6) is 0 Å². The van der Waals surface area contributed by atoms with E-state index in [4.69, 9.17) is 5.73 Å². The van der Waals surface area contributed by atoms with Crippen LogP contribution in [0.15, 0.2) is 12.3 Å². The lowest BCUT2D eigenvalue weighted by atomic mass is 10.0. The molecule has 0 aliphatic heterocycles. The van der Waals surface area contributed by atoms with E-state index in [0.29, 0.717) is 18.0 Å². The predicted molar refractivity (Wildman–Crippen MR) is 74.3 cm³/mol. The van der Waals surface area contributed by atoms with Crippen molar-refractivity contribution in [1.82, 2.24) is 14.7 Å². The maximum absolute atomic E-state index is 5.85. The Bertz CT molecular complexity index is 372. The average molecular weight is 250 g/mol. The number of nitrogens with two attached hydrogens (primary N) is 1. The van der Waals surface area contributed by atoms with Gasteiger partial charge >= 0.3 is 0 Å². The monoisotopic (exact) mass is 250 g/mol. The second-order valence-corrected chi connectivity index (χ2v) is 5.79. The van der Waals surface area contributed by atoms with Gasteiger partial charge in [-0.25, -0.2) is 0 Å². The minimum absolute atomic E-state index is 0.437. The summed E-state index contributed by atoms with van der Waals surface area (Å²) in [5, 5.41) is 4.62. The molecule has 18 heavy (non-hydrogen) atoms. The fraction of sp³-hybridized carbons (Fsp3) is 0.786.